The predicted molar refractivity (Wildman–Crippen MR) is 82.1 cm³/mol. The molecule has 0 aliphatic heterocycles. The highest BCUT2D eigenvalue weighted by atomic mass is 35.5. The maximum Gasteiger partial charge on any atom is 0.268 e. The molecule has 2 rings (SSSR count). The second kappa shape index (κ2) is 7.04. The second-order valence-corrected chi connectivity index (χ2v) is 6.53. The van der Waals surface area contributed by atoms with Crippen molar-refractivity contribution in [3.63, 3.8) is 0 Å². The Balaban J connectivity index is 2.55. The van der Waals surface area contributed by atoms with Gasteiger partial charge in [-0.3, -0.25) is 9.29 Å². The number of nitrogens with zero attached hydrogens (tertiary/aromatic N) is 2. The first-order valence-electron chi connectivity index (χ1n) is 6.34. The number of halogens is 2. The first-order valence-corrected chi connectivity index (χ1v) is 8.16. The summed E-state index contributed by atoms with van der Waals surface area (Å²) in [6.07, 6.45) is 2.90. The van der Waals surface area contributed by atoms with E-state index in [1.54, 1.807) is 0 Å². The molecule has 0 fully saturated rings. The van der Waals surface area contributed by atoms with Crippen molar-refractivity contribution in [2.75, 3.05) is 24.6 Å². The predicted octanol–water partition coefficient (Wildman–Crippen LogP) is 2.72. The largest absolute Gasteiger partial charge is 0.383 e. The molecule has 0 atom stereocenters. The van der Waals surface area contributed by atoms with Crippen LogP contribution in [0.2, 0.25) is 5.02 Å². The molecule has 1 heterocycles. The molecule has 118 valence electrons. The number of benzene rings is 1. The number of hydrogen-bond acceptors (Lipinski definition) is 4. The van der Waals surface area contributed by atoms with Gasteiger partial charge >= 0.3 is 0 Å². The van der Waals surface area contributed by atoms with Crippen molar-refractivity contribution in [3.05, 3.63) is 53.6 Å². The third-order valence-electron chi connectivity index (χ3n) is 2.92. The van der Waals surface area contributed by atoms with Crippen molar-refractivity contribution in [3.8, 4) is 0 Å². The quantitative estimate of drug-likeness (QED) is 0.808. The average Bonchev–Trinajstić information content (AvgIpc) is 2.48. The highest BCUT2D eigenvalue weighted by Crippen LogP contribution is 2.30. The number of pyridine rings is 1. The maximum absolute atomic E-state index is 14.0. The van der Waals surface area contributed by atoms with Gasteiger partial charge in [-0.2, -0.15) is 0 Å². The van der Waals surface area contributed by atoms with Gasteiger partial charge in [0.2, 0.25) is 0 Å². The second-order valence-electron chi connectivity index (χ2n) is 4.33. The Kier molecular flexibility index (Phi) is 5.33. The van der Waals surface area contributed by atoms with Crippen molar-refractivity contribution in [1.82, 2.24) is 4.98 Å². The standard InChI is InChI=1S/C14H14ClFN2O3S/c1-21-10-9-18(11-5-7-17-8-6-11)22(19,20)14-12(15)3-2-4-13(14)16/h2-8H,9-10H2,1H3. The van der Waals surface area contributed by atoms with Gasteiger partial charge in [0.1, 0.15) is 10.7 Å². The van der Waals surface area contributed by atoms with Gasteiger partial charge in [0.25, 0.3) is 10.0 Å². The molecule has 0 aliphatic rings. The van der Waals surface area contributed by atoms with Crippen molar-refractivity contribution < 1.29 is 17.5 Å². The fourth-order valence-corrected chi connectivity index (χ4v) is 3.93. The van der Waals surface area contributed by atoms with Crippen molar-refractivity contribution >= 4 is 27.3 Å². The molecule has 5 nitrogen and oxygen atoms in total. The number of anilines is 1. The van der Waals surface area contributed by atoms with Crippen molar-refractivity contribution in [1.29, 1.82) is 0 Å². The van der Waals surface area contributed by atoms with Gasteiger partial charge in [0.15, 0.2) is 0 Å². The summed E-state index contributed by atoms with van der Waals surface area (Å²) >= 11 is 5.89. The minimum absolute atomic E-state index is 0.0213. The molecule has 0 spiro atoms. The van der Waals surface area contributed by atoms with Gasteiger partial charge in [-0.25, -0.2) is 12.8 Å². The number of sulfonamides is 1. The molecule has 0 radical (unpaired) electrons. The van der Waals surface area contributed by atoms with Gasteiger partial charge < -0.3 is 4.74 Å². The molecule has 22 heavy (non-hydrogen) atoms. The van der Waals surface area contributed by atoms with Crippen LogP contribution < -0.4 is 4.31 Å². The summed E-state index contributed by atoms with van der Waals surface area (Å²) in [7, 11) is -2.72. The van der Waals surface area contributed by atoms with Crippen LogP contribution in [0.4, 0.5) is 10.1 Å². The van der Waals surface area contributed by atoms with Gasteiger partial charge in [0.05, 0.1) is 23.9 Å². The molecule has 0 saturated carbocycles. The molecule has 1 aromatic heterocycles. The SMILES string of the molecule is COCCN(c1ccncc1)S(=O)(=O)c1c(F)cccc1Cl. The van der Waals surface area contributed by atoms with Crippen LogP contribution in [0, 0.1) is 5.82 Å². The van der Waals surface area contributed by atoms with E-state index in [1.807, 2.05) is 0 Å². The Hall–Kier alpha value is -1.70. The molecule has 0 N–H and O–H groups in total. The summed E-state index contributed by atoms with van der Waals surface area (Å²) in [4.78, 5) is 3.29. The summed E-state index contributed by atoms with van der Waals surface area (Å²) in [6.45, 7) is 0.168. The van der Waals surface area contributed by atoms with E-state index in [-0.39, 0.29) is 18.2 Å². The van der Waals surface area contributed by atoms with E-state index in [9.17, 15) is 12.8 Å². The highest BCUT2D eigenvalue weighted by molar-refractivity contribution is 7.93. The number of methoxy groups -OCH3 is 1. The lowest BCUT2D eigenvalue weighted by atomic mass is 10.3. The summed E-state index contributed by atoms with van der Waals surface area (Å²) in [5, 5.41) is -0.170. The first kappa shape index (κ1) is 16.7. The minimum Gasteiger partial charge on any atom is -0.383 e. The van der Waals surface area contributed by atoms with Crippen molar-refractivity contribution in [2.24, 2.45) is 0 Å². The van der Waals surface area contributed by atoms with Crippen LogP contribution >= 0.6 is 11.6 Å². The molecule has 0 bridgehead atoms. The molecule has 0 amide bonds. The van der Waals surface area contributed by atoms with Gasteiger partial charge in [-0.15, -0.1) is 0 Å². The minimum atomic E-state index is -4.17. The molecular weight excluding hydrogens is 331 g/mol. The van der Waals surface area contributed by atoms with E-state index in [2.05, 4.69) is 4.98 Å². The number of rotatable bonds is 6. The molecule has 2 aromatic rings. The fraction of sp³-hybridized carbons (Fsp3) is 0.214. The molecule has 0 unspecified atom stereocenters. The smallest absolute Gasteiger partial charge is 0.268 e. The van der Waals surface area contributed by atoms with Gasteiger partial charge in [-0.1, -0.05) is 17.7 Å². The number of aromatic nitrogens is 1. The van der Waals surface area contributed by atoms with E-state index in [0.29, 0.717) is 5.69 Å². The van der Waals surface area contributed by atoms with E-state index in [4.69, 9.17) is 16.3 Å². The maximum atomic E-state index is 14.0. The zero-order chi connectivity index (χ0) is 16.2. The Bertz CT molecular complexity index is 721. The highest BCUT2D eigenvalue weighted by Gasteiger charge is 2.30. The van der Waals surface area contributed by atoms with Crippen LogP contribution in [-0.4, -0.2) is 33.7 Å². The zero-order valence-corrected chi connectivity index (χ0v) is 13.3. The van der Waals surface area contributed by atoms with E-state index in [1.165, 1.54) is 43.8 Å². The van der Waals surface area contributed by atoms with Gasteiger partial charge in [0, 0.05) is 19.5 Å². The topological polar surface area (TPSA) is 59.5 Å². The van der Waals surface area contributed by atoms with Crippen LogP contribution in [0.5, 0.6) is 0 Å². The molecular formula is C14H14ClFN2O3S. The van der Waals surface area contributed by atoms with E-state index < -0.39 is 20.7 Å². The van der Waals surface area contributed by atoms with E-state index >= 15 is 0 Å². The number of hydrogen-bond donors (Lipinski definition) is 0. The van der Waals surface area contributed by atoms with Crippen LogP contribution in [0.1, 0.15) is 0 Å². The average molecular weight is 345 g/mol. The molecule has 8 heteroatoms. The fourth-order valence-electron chi connectivity index (χ4n) is 1.91. The summed E-state index contributed by atoms with van der Waals surface area (Å²) in [6, 6.07) is 6.77. The lowest BCUT2D eigenvalue weighted by Crippen LogP contribution is -2.34. The van der Waals surface area contributed by atoms with Crippen LogP contribution in [-0.2, 0) is 14.8 Å². The Morgan fingerprint density at radius 3 is 2.55 bits per heavy atom. The lowest BCUT2D eigenvalue weighted by Gasteiger charge is -2.24. The number of ether oxygens (including phenoxy) is 1. The third kappa shape index (κ3) is 3.37. The van der Waals surface area contributed by atoms with Crippen LogP contribution in [0.3, 0.4) is 0 Å². The Labute approximate surface area is 133 Å². The third-order valence-corrected chi connectivity index (χ3v) is 5.25. The van der Waals surface area contributed by atoms with Gasteiger partial charge in [-0.05, 0) is 24.3 Å². The monoisotopic (exact) mass is 344 g/mol. The lowest BCUT2D eigenvalue weighted by molar-refractivity contribution is 0.208. The normalized spacial score (nSPS) is 11.4. The molecule has 0 saturated heterocycles. The Morgan fingerprint density at radius 2 is 1.95 bits per heavy atom. The Morgan fingerprint density at radius 1 is 1.27 bits per heavy atom. The first-order chi connectivity index (χ1) is 10.5. The summed E-state index contributed by atoms with van der Waals surface area (Å²) in [5.41, 5.74) is 0.353. The molecule has 1 aromatic carbocycles. The van der Waals surface area contributed by atoms with Crippen LogP contribution in [0.15, 0.2) is 47.6 Å². The summed E-state index contributed by atoms with van der Waals surface area (Å²) < 4.78 is 45.6. The summed E-state index contributed by atoms with van der Waals surface area (Å²) in [5.74, 6) is -0.899. The zero-order valence-electron chi connectivity index (χ0n) is 11.7. The van der Waals surface area contributed by atoms with E-state index in [0.717, 1.165) is 10.4 Å². The molecule has 0 aliphatic carbocycles. The van der Waals surface area contributed by atoms with Crippen molar-refractivity contribution in [2.45, 2.75) is 4.90 Å². The van der Waals surface area contributed by atoms with Crippen LogP contribution in [0.25, 0.3) is 0 Å².